The summed E-state index contributed by atoms with van der Waals surface area (Å²) < 4.78 is 7.78. The zero-order chi connectivity index (χ0) is 9.52. The average molecular weight is 353 g/mol. The number of hydrogen-bond donors (Lipinski definition) is 0. The average Bonchev–Trinajstić information content (AvgIpc) is 2.16. The first-order chi connectivity index (χ1) is 6.33. The van der Waals surface area contributed by atoms with E-state index in [0.717, 1.165) is 0 Å². The van der Waals surface area contributed by atoms with Gasteiger partial charge in [0.2, 0.25) is 0 Å². The quantitative estimate of drug-likeness (QED) is 0.594. The predicted octanol–water partition coefficient (Wildman–Crippen LogP) is 1.94. The fraction of sp³-hybridized carbons (Fsp3) is 0.200. The van der Waals surface area contributed by atoms with Crippen LogP contribution >= 0.6 is 22.6 Å². The molecule has 0 spiro atoms. The molecule has 13 heavy (non-hydrogen) atoms. The van der Waals surface area contributed by atoms with Crippen LogP contribution in [0.4, 0.5) is 0 Å². The third kappa shape index (κ3) is 4.81. The van der Waals surface area contributed by atoms with Crippen molar-refractivity contribution in [2.45, 2.75) is 0 Å². The Hall–Kier alpha value is 0.169. The Labute approximate surface area is 98.9 Å². The molecule has 0 aliphatic carbocycles. The van der Waals surface area contributed by atoms with E-state index in [4.69, 9.17) is 4.74 Å². The molecule has 70 valence electrons. The Bertz CT molecular complexity index is 272. The van der Waals surface area contributed by atoms with Gasteiger partial charge in [0, 0.05) is 0 Å². The fourth-order valence-electron chi connectivity index (χ4n) is 0.792. The van der Waals surface area contributed by atoms with E-state index in [9.17, 15) is 0 Å². The Morgan fingerprint density at radius 3 is 2.77 bits per heavy atom. The molecule has 1 rings (SSSR count). The molecule has 0 amide bonds. The summed E-state index contributed by atoms with van der Waals surface area (Å²) >= 11 is 2.82. The van der Waals surface area contributed by atoms with Crippen molar-refractivity contribution >= 4 is 42.0 Å². The van der Waals surface area contributed by atoms with Gasteiger partial charge in [-0.2, -0.15) is 0 Å². The van der Waals surface area contributed by atoms with E-state index in [1.54, 1.807) is 7.11 Å². The molecular formula is C10H11IOSe. The molecule has 0 bridgehead atoms. The first-order valence-corrected chi connectivity index (χ1v) is 6.69. The number of halogens is 1. The van der Waals surface area contributed by atoms with Crippen LogP contribution in [-0.2, 0) is 4.74 Å². The standard InChI is InChI=1S/C10H11IOSe/c1-12-8-7-10(11)13-9-5-3-2-4-6-9/h2-7H,8H2,1H3/b10-7-. The van der Waals surface area contributed by atoms with Crippen LogP contribution in [0.2, 0.25) is 0 Å². The Balaban J connectivity index is 2.50. The zero-order valence-corrected chi connectivity index (χ0v) is 11.2. The van der Waals surface area contributed by atoms with Crippen LogP contribution in [0.1, 0.15) is 0 Å². The van der Waals surface area contributed by atoms with E-state index >= 15 is 0 Å². The van der Waals surface area contributed by atoms with E-state index in [2.05, 4.69) is 52.9 Å². The van der Waals surface area contributed by atoms with Crippen LogP contribution in [0, 0.1) is 0 Å². The third-order valence-corrected chi connectivity index (χ3v) is 4.78. The SMILES string of the molecule is COC/C=C(/I)[Se]c1ccccc1. The summed E-state index contributed by atoms with van der Waals surface area (Å²) in [5.41, 5.74) is 0. The molecule has 0 aromatic heterocycles. The molecule has 1 aromatic rings. The van der Waals surface area contributed by atoms with E-state index in [-0.39, 0.29) is 0 Å². The number of rotatable bonds is 4. The van der Waals surface area contributed by atoms with Gasteiger partial charge in [-0.25, -0.2) is 0 Å². The summed E-state index contributed by atoms with van der Waals surface area (Å²) in [5, 5.41) is 0. The maximum absolute atomic E-state index is 4.98. The molecule has 1 aromatic carbocycles. The number of methoxy groups -OCH3 is 1. The van der Waals surface area contributed by atoms with Crippen molar-refractivity contribution < 1.29 is 4.74 Å². The Morgan fingerprint density at radius 1 is 1.46 bits per heavy atom. The summed E-state index contributed by atoms with van der Waals surface area (Å²) in [6.07, 6.45) is 2.13. The van der Waals surface area contributed by atoms with Gasteiger partial charge in [0.05, 0.1) is 0 Å². The molecule has 0 saturated heterocycles. The van der Waals surface area contributed by atoms with Gasteiger partial charge in [0.1, 0.15) is 0 Å². The van der Waals surface area contributed by atoms with Crippen molar-refractivity contribution in [3.63, 3.8) is 0 Å². The van der Waals surface area contributed by atoms with Crippen LogP contribution in [0.15, 0.2) is 38.9 Å². The van der Waals surface area contributed by atoms with E-state index in [1.807, 2.05) is 6.07 Å². The molecule has 0 radical (unpaired) electrons. The van der Waals surface area contributed by atoms with Gasteiger partial charge in [-0.1, -0.05) is 0 Å². The third-order valence-electron chi connectivity index (χ3n) is 1.37. The number of hydrogen-bond acceptors (Lipinski definition) is 1. The van der Waals surface area contributed by atoms with Crippen LogP contribution < -0.4 is 4.46 Å². The van der Waals surface area contributed by atoms with Crippen LogP contribution in [-0.4, -0.2) is 28.7 Å². The molecule has 0 heterocycles. The van der Waals surface area contributed by atoms with Crippen molar-refractivity contribution in [2.24, 2.45) is 0 Å². The molecule has 0 fully saturated rings. The first-order valence-electron chi connectivity index (χ1n) is 3.90. The Morgan fingerprint density at radius 2 is 2.15 bits per heavy atom. The van der Waals surface area contributed by atoms with Gasteiger partial charge >= 0.3 is 99.3 Å². The monoisotopic (exact) mass is 354 g/mol. The van der Waals surface area contributed by atoms with Gasteiger partial charge < -0.3 is 0 Å². The van der Waals surface area contributed by atoms with Crippen molar-refractivity contribution in [1.82, 2.24) is 0 Å². The summed E-state index contributed by atoms with van der Waals surface area (Å²) in [7, 11) is 1.72. The van der Waals surface area contributed by atoms with Crippen LogP contribution in [0.5, 0.6) is 0 Å². The molecule has 0 unspecified atom stereocenters. The first kappa shape index (κ1) is 11.2. The minimum absolute atomic E-state index is 0.445. The van der Waals surface area contributed by atoms with Crippen molar-refractivity contribution in [3.05, 3.63) is 38.9 Å². The second-order valence-corrected chi connectivity index (χ2v) is 7.53. The number of ether oxygens (including phenoxy) is 1. The van der Waals surface area contributed by atoms with Crippen LogP contribution in [0.25, 0.3) is 0 Å². The molecular weight excluding hydrogens is 342 g/mol. The fourth-order valence-corrected chi connectivity index (χ4v) is 3.70. The van der Waals surface area contributed by atoms with Crippen molar-refractivity contribution in [3.8, 4) is 0 Å². The molecule has 0 aliphatic rings. The molecule has 0 saturated carbocycles. The zero-order valence-electron chi connectivity index (χ0n) is 7.37. The minimum atomic E-state index is 0.445. The molecule has 0 aliphatic heterocycles. The van der Waals surface area contributed by atoms with Crippen LogP contribution in [0.3, 0.4) is 0 Å². The second kappa shape index (κ2) is 6.60. The molecule has 0 atom stereocenters. The maximum atomic E-state index is 4.98. The normalized spacial score (nSPS) is 11.7. The van der Waals surface area contributed by atoms with E-state index < -0.39 is 0 Å². The van der Waals surface area contributed by atoms with E-state index in [0.29, 0.717) is 21.6 Å². The molecule has 3 heteroatoms. The van der Waals surface area contributed by atoms with Gasteiger partial charge in [-0.05, 0) is 0 Å². The molecule has 0 N–H and O–H groups in total. The summed E-state index contributed by atoms with van der Waals surface area (Å²) in [4.78, 5) is 0. The Kier molecular flexibility index (Phi) is 5.71. The number of benzene rings is 1. The summed E-state index contributed by atoms with van der Waals surface area (Å²) in [5.74, 6) is 0. The summed E-state index contributed by atoms with van der Waals surface area (Å²) in [6, 6.07) is 10.5. The van der Waals surface area contributed by atoms with Crippen molar-refractivity contribution in [2.75, 3.05) is 13.7 Å². The summed E-state index contributed by atoms with van der Waals surface area (Å²) in [6.45, 7) is 0.715. The van der Waals surface area contributed by atoms with E-state index in [1.165, 1.54) is 6.94 Å². The van der Waals surface area contributed by atoms with Gasteiger partial charge in [-0.3, -0.25) is 0 Å². The molecule has 1 nitrogen and oxygen atoms in total. The second-order valence-electron chi connectivity index (χ2n) is 2.38. The predicted molar refractivity (Wildman–Crippen MR) is 65.8 cm³/mol. The van der Waals surface area contributed by atoms with Gasteiger partial charge in [0.25, 0.3) is 0 Å². The van der Waals surface area contributed by atoms with Crippen molar-refractivity contribution in [1.29, 1.82) is 0 Å². The van der Waals surface area contributed by atoms with Gasteiger partial charge in [0.15, 0.2) is 0 Å². The van der Waals surface area contributed by atoms with Gasteiger partial charge in [-0.15, -0.1) is 0 Å². The topological polar surface area (TPSA) is 9.23 Å².